The van der Waals surface area contributed by atoms with E-state index in [2.05, 4.69) is 127 Å². The Morgan fingerprint density at radius 2 is 1.00 bits per heavy atom. The van der Waals surface area contributed by atoms with Crippen molar-refractivity contribution in [2.75, 3.05) is 0 Å². The van der Waals surface area contributed by atoms with Crippen LogP contribution in [0.25, 0.3) is 96.9 Å². The van der Waals surface area contributed by atoms with Gasteiger partial charge in [-0.15, -0.1) is 11.3 Å². The lowest BCUT2D eigenvalue weighted by atomic mass is 9.88. The van der Waals surface area contributed by atoms with Gasteiger partial charge in [0.05, 0.1) is 27.9 Å². The van der Waals surface area contributed by atoms with Gasteiger partial charge < -0.3 is 0 Å². The van der Waals surface area contributed by atoms with Crippen LogP contribution in [-0.4, -0.2) is 15.0 Å². The summed E-state index contributed by atoms with van der Waals surface area (Å²) >= 11 is 1.84. The predicted molar refractivity (Wildman–Crippen MR) is 191 cm³/mol. The molecule has 208 valence electrons. The number of rotatable bonds is 2. The highest BCUT2D eigenvalue weighted by Gasteiger charge is 2.19. The van der Waals surface area contributed by atoms with Gasteiger partial charge in [0.15, 0.2) is 0 Å². The molecule has 0 saturated carbocycles. The molecule has 0 fully saturated rings. The molecule has 6 aromatic carbocycles. The summed E-state index contributed by atoms with van der Waals surface area (Å²) in [6, 6.07) is 47.5. The fourth-order valence-electron chi connectivity index (χ4n) is 7.11. The number of nitrogens with zero attached hydrogens (tertiary/aromatic N) is 3. The largest absolute Gasteiger partial charge is 0.254 e. The number of hydrogen-bond donors (Lipinski definition) is 0. The van der Waals surface area contributed by atoms with Crippen molar-refractivity contribution < 1.29 is 0 Å². The highest BCUT2D eigenvalue weighted by atomic mass is 32.1. The molecular formula is C41H23N3S. The van der Waals surface area contributed by atoms with Crippen LogP contribution in [0.3, 0.4) is 0 Å². The van der Waals surface area contributed by atoms with Gasteiger partial charge in [-0.25, -0.2) is 9.97 Å². The van der Waals surface area contributed by atoms with Gasteiger partial charge in [-0.3, -0.25) is 4.98 Å². The topological polar surface area (TPSA) is 38.7 Å². The first-order chi connectivity index (χ1) is 22.3. The zero-order valence-electron chi connectivity index (χ0n) is 24.0. The van der Waals surface area contributed by atoms with Crippen molar-refractivity contribution in [1.82, 2.24) is 15.0 Å². The Bertz CT molecular complexity index is 2770. The second-order valence-corrected chi connectivity index (χ2v) is 12.6. The molecular weight excluding hydrogens is 567 g/mol. The molecule has 10 aromatic rings. The summed E-state index contributed by atoms with van der Waals surface area (Å²) in [5.41, 5.74) is 7.06. The molecule has 3 nitrogen and oxygen atoms in total. The lowest BCUT2D eigenvalue weighted by Gasteiger charge is -2.17. The Hall–Kier alpha value is -5.71. The van der Waals surface area contributed by atoms with Crippen LogP contribution in [0, 0.1) is 0 Å². The second kappa shape index (κ2) is 9.39. The molecule has 0 atom stereocenters. The number of thiophene rings is 1. The van der Waals surface area contributed by atoms with Gasteiger partial charge >= 0.3 is 0 Å². The maximum absolute atomic E-state index is 5.34. The predicted octanol–water partition coefficient (Wildman–Crippen LogP) is 11.3. The van der Waals surface area contributed by atoms with E-state index >= 15 is 0 Å². The summed E-state index contributed by atoms with van der Waals surface area (Å²) in [5.74, 6) is 0. The maximum Gasteiger partial charge on any atom is 0.0972 e. The summed E-state index contributed by atoms with van der Waals surface area (Å²) in [5, 5.41) is 10.6. The minimum absolute atomic E-state index is 0.923. The van der Waals surface area contributed by atoms with Gasteiger partial charge in [0.25, 0.3) is 0 Å². The van der Waals surface area contributed by atoms with Crippen molar-refractivity contribution in [3.05, 3.63) is 140 Å². The summed E-state index contributed by atoms with van der Waals surface area (Å²) in [4.78, 5) is 15.3. The van der Waals surface area contributed by atoms with Crippen molar-refractivity contribution in [2.45, 2.75) is 0 Å². The van der Waals surface area contributed by atoms with E-state index in [1.54, 1.807) is 0 Å². The Balaban J connectivity index is 1.27. The van der Waals surface area contributed by atoms with Crippen molar-refractivity contribution in [1.29, 1.82) is 0 Å². The van der Waals surface area contributed by atoms with Crippen LogP contribution in [0.1, 0.15) is 0 Å². The molecule has 10 rings (SSSR count). The molecule has 0 radical (unpaired) electrons. The van der Waals surface area contributed by atoms with E-state index < -0.39 is 0 Å². The fraction of sp³-hybridized carbons (Fsp3) is 0. The first-order valence-corrected chi connectivity index (χ1v) is 15.9. The number of hydrogen-bond acceptors (Lipinski definition) is 4. The Labute approximate surface area is 262 Å². The third kappa shape index (κ3) is 3.60. The van der Waals surface area contributed by atoms with Crippen molar-refractivity contribution in [3.63, 3.8) is 0 Å². The Kier molecular flexibility index (Phi) is 5.16. The van der Waals surface area contributed by atoms with Gasteiger partial charge in [-0.2, -0.15) is 0 Å². The first kappa shape index (κ1) is 24.7. The zero-order valence-corrected chi connectivity index (χ0v) is 24.8. The van der Waals surface area contributed by atoms with Gasteiger partial charge in [0.2, 0.25) is 0 Å². The third-order valence-corrected chi connectivity index (χ3v) is 10.2. The molecule has 0 amide bonds. The van der Waals surface area contributed by atoms with Crippen LogP contribution in [0.15, 0.2) is 140 Å². The Morgan fingerprint density at radius 1 is 0.400 bits per heavy atom. The van der Waals surface area contributed by atoms with E-state index in [0.29, 0.717) is 0 Å². The van der Waals surface area contributed by atoms with Gasteiger partial charge in [-0.05, 0) is 64.0 Å². The van der Waals surface area contributed by atoms with E-state index in [9.17, 15) is 0 Å². The minimum Gasteiger partial charge on any atom is -0.254 e. The van der Waals surface area contributed by atoms with Crippen LogP contribution in [0.5, 0.6) is 0 Å². The van der Waals surface area contributed by atoms with Crippen LogP contribution in [-0.2, 0) is 0 Å². The van der Waals surface area contributed by atoms with Crippen molar-refractivity contribution in [3.8, 4) is 22.5 Å². The Morgan fingerprint density at radius 3 is 1.73 bits per heavy atom. The monoisotopic (exact) mass is 589 g/mol. The molecule has 4 aromatic heterocycles. The lowest BCUT2D eigenvalue weighted by Crippen LogP contribution is -1.95. The first-order valence-electron chi connectivity index (χ1n) is 15.1. The molecule has 4 heterocycles. The maximum atomic E-state index is 5.34. The SMILES string of the molecule is c1cnc2c(c1)ccc1ccc(-c3c4ccccc4c(-c4ccc5c(ccc6sc7ccccc7c65)n4)c4ccccc34)nc12. The van der Waals surface area contributed by atoms with Crippen LogP contribution < -0.4 is 0 Å². The molecule has 0 unspecified atom stereocenters. The molecule has 0 N–H and O–H groups in total. The number of fused-ring (bicyclic) bond motifs is 10. The summed E-state index contributed by atoms with van der Waals surface area (Å²) in [7, 11) is 0. The summed E-state index contributed by atoms with van der Waals surface area (Å²) < 4.78 is 2.60. The normalized spacial score (nSPS) is 12.0. The molecule has 0 aliphatic rings. The second-order valence-electron chi connectivity index (χ2n) is 11.6. The van der Waals surface area contributed by atoms with E-state index in [4.69, 9.17) is 15.0 Å². The van der Waals surface area contributed by atoms with Crippen LogP contribution >= 0.6 is 11.3 Å². The molecule has 0 bridgehead atoms. The average Bonchev–Trinajstić information content (AvgIpc) is 3.49. The third-order valence-electron chi connectivity index (χ3n) is 9.09. The van der Waals surface area contributed by atoms with E-state index in [1.807, 2.05) is 23.6 Å². The molecule has 4 heteroatoms. The highest BCUT2D eigenvalue weighted by Crippen LogP contribution is 2.44. The van der Waals surface area contributed by atoms with Crippen molar-refractivity contribution >= 4 is 85.8 Å². The molecule has 0 saturated heterocycles. The van der Waals surface area contributed by atoms with Crippen LogP contribution in [0.4, 0.5) is 0 Å². The number of pyridine rings is 3. The lowest BCUT2D eigenvalue weighted by molar-refractivity contribution is 1.38. The number of aromatic nitrogens is 3. The van der Waals surface area contributed by atoms with Crippen molar-refractivity contribution in [2.24, 2.45) is 0 Å². The minimum atomic E-state index is 0.923. The van der Waals surface area contributed by atoms with E-state index in [-0.39, 0.29) is 0 Å². The molecule has 0 aliphatic carbocycles. The van der Waals surface area contributed by atoms with Gasteiger partial charge in [-0.1, -0.05) is 91.0 Å². The van der Waals surface area contributed by atoms with E-state index in [1.165, 1.54) is 25.6 Å². The van der Waals surface area contributed by atoms with Gasteiger partial charge in [0, 0.05) is 53.7 Å². The smallest absolute Gasteiger partial charge is 0.0972 e. The molecule has 0 aliphatic heterocycles. The average molecular weight is 590 g/mol. The summed E-state index contributed by atoms with van der Waals surface area (Å²) in [6.45, 7) is 0. The highest BCUT2D eigenvalue weighted by molar-refractivity contribution is 7.26. The quantitative estimate of drug-likeness (QED) is 0.149. The molecule has 45 heavy (non-hydrogen) atoms. The van der Waals surface area contributed by atoms with Gasteiger partial charge in [0.1, 0.15) is 0 Å². The molecule has 0 spiro atoms. The van der Waals surface area contributed by atoms with E-state index in [0.717, 1.165) is 71.4 Å². The van der Waals surface area contributed by atoms with Crippen LogP contribution in [0.2, 0.25) is 0 Å². The standard InChI is InChI=1S/C41H23N3S/c1-3-11-28-26(9-1)37(33-20-18-30-32(43-33)21-22-36-39(30)31-13-5-6-14-35(31)45-36)27-10-2-4-12-29(27)38(28)34-19-17-25-16-15-24-8-7-23-42-40(24)41(25)44-34/h1-23H. The fourth-order valence-corrected chi connectivity index (χ4v) is 8.23. The summed E-state index contributed by atoms with van der Waals surface area (Å²) in [6.07, 6.45) is 1.85. The zero-order chi connectivity index (χ0) is 29.5. The number of benzene rings is 6.